The molecule has 1 aliphatic carbocycles. The monoisotopic (exact) mass is 284 g/mol. The van der Waals surface area contributed by atoms with Gasteiger partial charge in [0.1, 0.15) is 5.75 Å². The second-order valence-corrected chi connectivity index (χ2v) is 6.38. The molecule has 0 heterocycles. The molecule has 4 aromatic rings. The van der Waals surface area contributed by atoms with Crippen LogP contribution in [0.4, 0.5) is 0 Å². The summed E-state index contributed by atoms with van der Waals surface area (Å²) in [4.78, 5) is 0. The number of phenolic OH excluding ortho intramolecular Hbond substituents is 1. The minimum Gasteiger partial charge on any atom is -0.508 e. The summed E-state index contributed by atoms with van der Waals surface area (Å²) < 4.78 is 0. The zero-order chi connectivity index (χ0) is 14.8. The highest BCUT2D eigenvalue weighted by molar-refractivity contribution is 6.15. The number of phenols is 1. The highest BCUT2D eigenvalue weighted by Crippen LogP contribution is 2.40. The zero-order valence-electron chi connectivity index (χ0n) is 12.5. The molecule has 1 N–H and O–H groups in total. The summed E-state index contributed by atoms with van der Waals surface area (Å²) in [6.07, 6.45) is 2.29. The van der Waals surface area contributed by atoms with Gasteiger partial charge in [0.2, 0.25) is 0 Å². The largest absolute Gasteiger partial charge is 0.508 e. The van der Waals surface area contributed by atoms with Crippen LogP contribution in [-0.2, 0) is 12.8 Å². The lowest BCUT2D eigenvalue weighted by molar-refractivity contribution is 0.476. The first-order valence-corrected chi connectivity index (χ1v) is 7.82. The molecule has 4 aromatic carbocycles. The van der Waals surface area contributed by atoms with Gasteiger partial charge in [0.05, 0.1) is 0 Å². The van der Waals surface area contributed by atoms with Gasteiger partial charge >= 0.3 is 0 Å². The van der Waals surface area contributed by atoms with E-state index >= 15 is 0 Å². The Kier molecular flexibility index (Phi) is 2.20. The smallest absolute Gasteiger partial charge is 0.116 e. The standard InChI is InChI=1S/C21H16O/c1-12-2-3-14-11-20-17-7-5-15(22)10-13(17)4-6-18(20)19-9-8-16(12)21(14)19/h2-7,10-11,22H,8-9H2,1H3. The lowest BCUT2D eigenvalue weighted by Gasteiger charge is -2.11. The van der Waals surface area contributed by atoms with Crippen molar-refractivity contribution in [2.75, 3.05) is 0 Å². The van der Waals surface area contributed by atoms with Crippen molar-refractivity contribution in [3.8, 4) is 5.75 Å². The fourth-order valence-corrected chi connectivity index (χ4v) is 4.13. The molecule has 0 radical (unpaired) electrons. The third kappa shape index (κ3) is 1.43. The zero-order valence-corrected chi connectivity index (χ0v) is 12.5. The molecule has 5 rings (SSSR count). The molecule has 106 valence electrons. The second-order valence-electron chi connectivity index (χ2n) is 6.38. The highest BCUT2D eigenvalue weighted by Gasteiger charge is 2.19. The molecule has 1 heteroatoms. The molecule has 0 fully saturated rings. The molecule has 0 aromatic heterocycles. The Balaban J connectivity index is 2.04. The van der Waals surface area contributed by atoms with Gasteiger partial charge < -0.3 is 5.11 Å². The SMILES string of the molecule is Cc1ccc2cc3c(ccc4cc(O)ccc43)c3c2c1CC3. The summed E-state index contributed by atoms with van der Waals surface area (Å²) in [5.41, 5.74) is 4.44. The van der Waals surface area contributed by atoms with Crippen LogP contribution in [-0.4, -0.2) is 5.11 Å². The van der Waals surface area contributed by atoms with Gasteiger partial charge in [0.25, 0.3) is 0 Å². The Labute approximate surface area is 128 Å². The quantitative estimate of drug-likeness (QED) is 0.345. The van der Waals surface area contributed by atoms with Crippen LogP contribution in [0.2, 0.25) is 0 Å². The maximum Gasteiger partial charge on any atom is 0.116 e. The second kappa shape index (κ2) is 4.01. The molecular weight excluding hydrogens is 268 g/mol. The molecule has 0 atom stereocenters. The van der Waals surface area contributed by atoms with Crippen molar-refractivity contribution in [3.63, 3.8) is 0 Å². The molecule has 0 aliphatic heterocycles. The van der Waals surface area contributed by atoms with Gasteiger partial charge in [-0.15, -0.1) is 0 Å². The fraction of sp³-hybridized carbons (Fsp3) is 0.143. The maximum atomic E-state index is 9.71. The van der Waals surface area contributed by atoms with Gasteiger partial charge in [-0.3, -0.25) is 0 Å². The third-order valence-corrected chi connectivity index (χ3v) is 5.18. The van der Waals surface area contributed by atoms with Gasteiger partial charge in [-0.25, -0.2) is 0 Å². The minimum atomic E-state index is 0.329. The Morgan fingerprint density at radius 3 is 2.41 bits per heavy atom. The molecule has 0 spiro atoms. The van der Waals surface area contributed by atoms with Crippen molar-refractivity contribution >= 4 is 32.3 Å². The molecule has 0 saturated heterocycles. The van der Waals surface area contributed by atoms with E-state index in [0.29, 0.717) is 5.75 Å². The van der Waals surface area contributed by atoms with E-state index in [1.807, 2.05) is 12.1 Å². The molecule has 0 amide bonds. The van der Waals surface area contributed by atoms with Gasteiger partial charge in [-0.2, -0.15) is 0 Å². The Morgan fingerprint density at radius 1 is 0.727 bits per heavy atom. The average molecular weight is 284 g/mol. The summed E-state index contributed by atoms with van der Waals surface area (Å²) in [6, 6.07) is 16.8. The number of benzene rings is 4. The molecular formula is C21H16O. The number of aromatic hydroxyl groups is 1. The van der Waals surface area contributed by atoms with E-state index in [1.165, 1.54) is 43.6 Å². The van der Waals surface area contributed by atoms with Crippen LogP contribution in [0.1, 0.15) is 16.7 Å². The van der Waals surface area contributed by atoms with Crippen LogP contribution in [0.15, 0.2) is 48.5 Å². The Bertz CT molecular complexity index is 1090. The number of hydrogen-bond acceptors (Lipinski definition) is 1. The van der Waals surface area contributed by atoms with Gasteiger partial charge in [-0.1, -0.05) is 30.3 Å². The van der Waals surface area contributed by atoms with Crippen molar-refractivity contribution < 1.29 is 5.11 Å². The molecule has 0 saturated carbocycles. The van der Waals surface area contributed by atoms with Gasteiger partial charge in [0.15, 0.2) is 0 Å². The fourth-order valence-electron chi connectivity index (χ4n) is 4.13. The predicted octanol–water partition coefficient (Wildman–Crippen LogP) is 5.26. The Hall–Kier alpha value is -2.54. The summed E-state index contributed by atoms with van der Waals surface area (Å²) in [7, 11) is 0. The lowest BCUT2D eigenvalue weighted by Crippen LogP contribution is -1.86. The topological polar surface area (TPSA) is 20.2 Å². The van der Waals surface area contributed by atoms with Crippen LogP contribution in [0.5, 0.6) is 5.75 Å². The van der Waals surface area contributed by atoms with Crippen LogP contribution >= 0.6 is 0 Å². The number of rotatable bonds is 0. The van der Waals surface area contributed by atoms with Crippen LogP contribution in [0, 0.1) is 6.92 Å². The normalized spacial score (nSPS) is 13.5. The summed E-state index contributed by atoms with van der Waals surface area (Å²) in [6.45, 7) is 2.22. The van der Waals surface area contributed by atoms with E-state index < -0.39 is 0 Å². The molecule has 0 unspecified atom stereocenters. The Morgan fingerprint density at radius 2 is 1.50 bits per heavy atom. The van der Waals surface area contributed by atoms with Crippen LogP contribution in [0.25, 0.3) is 32.3 Å². The van der Waals surface area contributed by atoms with Gasteiger partial charge in [-0.05, 0) is 87.0 Å². The van der Waals surface area contributed by atoms with Gasteiger partial charge in [0, 0.05) is 0 Å². The number of hydrogen-bond donors (Lipinski definition) is 1. The minimum absolute atomic E-state index is 0.329. The first kappa shape index (κ1) is 12.0. The first-order chi connectivity index (χ1) is 10.7. The molecule has 0 bridgehead atoms. The predicted molar refractivity (Wildman–Crippen MR) is 92.8 cm³/mol. The molecule has 1 aliphatic rings. The van der Waals surface area contributed by atoms with E-state index in [-0.39, 0.29) is 0 Å². The van der Waals surface area contributed by atoms with Crippen LogP contribution in [0.3, 0.4) is 0 Å². The van der Waals surface area contributed by atoms with E-state index in [0.717, 1.165) is 18.2 Å². The van der Waals surface area contributed by atoms with E-state index in [4.69, 9.17) is 0 Å². The summed E-state index contributed by atoms with van der Waals surface area (Å²) in [5, 5.41) is 17.5. The molecule has 22 heavy (non-hydrogen) atoms. The van der Waals surface area contributed by atoms with Crippen molar-refractivity contribution in [1.29, 1.82) is 0 Å². The maximum absolute atomic E-state index is 9.71. The highest BCUT2D eigenvalue weighted by atomic mass is 16.3. The third-order valence-electron chi connectivity index (χ3n) is 5.18. The van der Waals surface area contributed by atoms with E-state index in [9.17, 15) is 5.11 Å². The first-order valence-electron chi connectivity index (χ1n) is 7.82. The van der Waals surface area contributed by atoms with E-state index in [1.54, 1.807) is 6.07 Å². The molecule has 1 nitrogen and oxygen atoms in total. The summed E-state index contributed by atoms with van der Waals surface area (Å²) >= 11 is 0. The van der Waals surface area contributed by atoms with Crippen LogP contribution < -0.4 is 0 Å². The number of fused-ring (bicyclic) bond motifs is 4. The van der Waals surface area contributed by atoms with Crippen molar-refractivity contribution in [1.82, 2.24) is 0 Å². The summed E-state index contributed by atoms with van der Waals surface area (Å²) in [5.74, 6) is 0.329. The van der Waals surface area contributed by atoms with Crippen molar-refractivity contribution in [2.45, 2.75) is 19.8 Å². The average Bonchev–Trinajstić information content (AvgIpc) is 2.97. The van der Waals surface area contributed by atoms with Crippen molar-refractivity contribution in [2.24, 2.45) is 0 Å². The van der Waals surface area contributed by atoms with Crippen molar-refractivity contribution in [3.05, 3.63) is 65.2 Å². The van der Waals surface area contributed by atoms with E-state index in [2.05, 4.69) is 37.3 Å². The number of aryl methyl sites for hydroxylation is 3. The lowest BCUT2D eigenvalue weighted by atomic mass is 9.93.